The maximum absolute atomic E-state index is 10.7. The lowest BCUT2D eigenvalue weighted by Gasteiger charge is -2.43. The van der Waals surface area contributed by atoms with Crippen LogP contribution in [0.5, 0.6) is 0 Å². The Morgan fingerprint density at radius 1 is 1.39 bits per heavy atom. The Morgan fingerprint density at radius 2 is 2.18 bits per heavy atom. The summed E-state index contributed by atoms with van der Waals surface area (Å²) in [4.78, 5) is 7.27. The Kier molecular flexibility index (Phi) is 9.82. The van der Waals surface area contributed by atoms with Gasteiger partial charge in [0.15, 0.2) is 5.96 Å². The Hall–Kier alpha value is -0.0700. The molecule has 6 nitrogen and oxygen atoms in total. The molecular formula is C19H33IN4O2S2. The second-order valence-corrected chi connectivity index (χ2v) is 9.35. The number of nitrogens with one attached hydrogen (secondary N) is 2. The molecular weight excluding hydrogens is 507 g/mol. The maximum atomic E-state index is 10.7. The van der Waals surface area contributed by atoms with Crippen molar-refractivity contribution in [3.8, 4) is 0 Å². The van der Waals surface area contributed by atoms with Gasteiger partial charge in [0.2, 0.25) is 0 Å². The zero-order valence-corrected chi connectivity index (χ0v) is 20.7. The highest BCUT2D eigenvalue weighted by atomic mass is 127. The van der Waals surface area contributed by atoms with E-state index in [0.717, 1.165) is 56.7 Å². The molecule has 3 heterocycles. The van der Waals surface area contributed by atoms with Gasteiger partial charge in [-0.15, -0.1) is 24.0 Å². The number of aliphatic hydroxyl groups is 1. The van der Waals surface area contributed by atoms with Gasteiger partial charge in [-0.25, -0.2) is 4.99 Å². The van der Waals surface area contributed by atoms with Crippen molar-refractivity contribution in [2.75, 3.05) is 57.4 Å². The normalized spacial score (nSPS) is 25.8. The summed E-state index contributed by atoms with van der Waals surface area (Å²) in [7, 11) is 0. The van der Waals surface area contributed by atoms with Crippen LogP contribution in [0.25, 0.3) is 0 Å². The number of aliphatic imine (C=N–C) groups is 1. The van der Waals surface area contributed by atoms with E-state index in [-0.39, 0.29) is 29.5 Å². The Morgan fingerprint density at radius 3 is 2.79 bits per heavy atom. The number of hydrogen-bond donors (Lipinski definition) is 3. The molecule has 2 fully saturated rings. The predicted molar refractivity (Wildman–Crippen MR) is 130 cm³/mol. The minimum atomic E-state index is -0.951. The molecule has 0 amide bonds. The molecule has 3 rings (SSSR count). The lowest BCUT2D eigenvalue weighted by molar-refractivity contribution is -0.0120. The van der Waals surface area contributed by atoms with E-state index in [4.69, 9.17) is 4.74 Å². The fourth-order valence-corrected chi connectivity index (χ4v) is 5.88. The van der Waals surface area contributed by atoms with Gasteiger partial charge in [0.25, 0.3) is 0 Å². The summed E-state index contributed by atoms with van der Waals surface area (Å²) >= 11 is 3.63. The zero-order valence-electron chi connectivity index (χ0n) is 16.8. The second kappa shape index (κ2) is 11.4. The monoisotopic (exact) mass is 540 g/mol. The van der Waals surface area contributed by atoms with Crippen LogP contribution in [0.15, 0.2) is 21.8 Å². The van der Waals surface area contributed by atoms with Gasteiger partial charge in [-0.1, -0.05) is 0 Å². The molecule has 2 aliphatic heterocycles. The van der Waals surface area contributed by atoms with Crippen LogP contribution in [-0.2, 0) is 10.3 Å². The first-order chi connectivity index (χ1) is 13.1. The number of nitrogens with zero attached hydrogens (tertiary/aromatic N) is 2. The minimum absolute atomic E-state index is 0. The van der Waals surface area contributed by atoms with Gasteiger partial charge < -0.3 is 20.5 Å². The van der Waals surface area contributed by atoms with Crippen LogP contribution in [-0.4, -0.2) is 78.9 Å². The SMILES string of the molecule is CCNC(=NCC(C)(O)c1ccsc1)NCC1(N2CCOCC2)CCSC1.I. The smallest absolute Gasteiger partial charge is 0.191 e. The zero-order chi connectivity index (χ0) is 19.2. The molecule has 28 heavy (non-hydrogen) atoms. The third-order valence-corrected chi connectivity index (χ3v) is 7.30. The Bertz CT molecular complexity index is 601. The lowest BCUT2D eigenvalue weighted by atomic mass is 9.95. The molecule has 0 bridgehead atoms. The molecule has 0 saturated carbocycles. The van der Waals surface area contributed by atoms with Crippen molar-refractivity contribution in [1.29, 1.82) is 0 Å². The molecule has 1 aromatic heterocycles. The van der Waals surface area contributed by atoms with Crippen molar-refractivity contribution in [2.24, 2.45) is 4.99 Å². The summed E-state index contributed by atoms with van der Waals surface area (Å²) in [5, 5.41) is 21.6. The van der Waals surface area contributed by atoms with Gasteiger partial charge in [0, 0.05) is 37.5 Å². The van der Waals surface area contributed by atoms with E-state index in [1.54, 1.807) is 11.3 Å². The number of morpholine rings is 1. The number of rotatable bonds is 7. The van der Waals surface area contributed by atoms with Crippen molar-refractivity contribution in [3.63, 3.8) is 0 Å². The summed E-state index contributed by atoms with van der Waals surface area (Å²) in [5.41, 5.74) is 0.137. The number of halogens is 1. The van der Waals surface area contributed by atoms with Crippen LogP contribution >= 0.6 is 47.1 Å². The van der Waals surface area contributed by atoms with Crippen molar-refractivity contribution >= 4 is 53.0 Å². The third-order valence-electron chi connectivity index (χ3n) is 5.38. The van der Waals surface area contributed by atoms with E-state index < -0.39 is 5.60 Å². The molecule has 2 atom stereocenters. The van der Waals surface area contributed by atoms with Crippen molar-refractivity contribution in [1.82, 2.24) is 15.5 Å². The van der Waals surface area contributed by atoms with Crippen LogP contribution in [0.2, 0.25) is 0 Å². The number of ether oxygens (including phenoxy) is 1. The molecule has 2 aliphatic rings. The van der Waals surface area contributed by atoms with Gasteiger partial charge in [-0.3, -0.25) is 4.90 Å². The third kappa shape index (κ3) is 6.21. The lowest BCUT2D eigenvalue weighted by Crippen LogP contribution is -2.60. The van der Waals surface area contributed by atoms with Gasteiger partial charge in [0.05, 0.1) is 19.8 Å². The highest BCUT2D eigenvalue weighted by Crippen LogP contribution is 2.33. The van der Waals surface area contributed by atoms with Crippen molar-refractivity contribution in [3.05, 3.63) is 22.4 Å². The Labute approximate surface area is 193 Å². The first kappa shape index (κ1) is 24.2. The molecule has 0 spiro atoms. The molecule has 2 unspecified atom stereocenters. The molecule has 2 saturated heterocycles. The molecule has 3 N–H and O–H groups in total. The average Bonchev–Trinajstić information content (AvgIpc) is 3.38. The van der Waals surface area contributed by atoms with Gasteiger partial charge >= 0.3 is 0 Å². The van der Waals surface area contributed by atoms with Crippen LogP contribution < -0.4 is 10.6 Å². The largest absolute Gasteiger partial charge is 0.383 e. The fourth-order valence-electron chi connectivity index (χ4n) is 3.62. The first-order valence-corrected chi connectivity index (χ1v) is 11.8. The summed E-state index contributed by atoms with van der Waals surface area (Å²) in [5.74, 6) is 3.13. The van der Waals surface area contributed by atoms with Crippen LogP contribution in [0.4, 0.5) is 0 Å². The van der Waals surface area contributed by atoms with Gasteiger partial charge in [0.1, 0.15) is 5.60 Å². The van der Waals surface area contributed by atoms with Crippen molar-refractivity contribution in [2.45, 2.75) is 31.4 Å². The van der Waals surface area contributed by atoms with E-state index in [0.29, 0.717) is 6.54 Å². The standard InChI is InChI=1S/C19H32N4O2S2.HI/c1-3-20-17(21-13-18(2,24)16-4-10-26-12-16)22-14-19(5-11-27-15-19)23-6-8-25-9-7-23;/h4,10,12,24H,3,5-9,11,13-15H2,1-2H3,(H2,20,21,22);1H. The van der Waals surface area contributed by atoms with E-state index in [9.17, 15) is 5.11 Å². The minimum Gasteiger partial charge on any atom is -0.383 e. The highest BCUT2D eigenvalue weighted by molar-refractivity contribution is 14.0. The molecule has 160 valence electrons. The predicted octanol–water partition coefficient (Wildman–Crippen LogP) is 2.34. The van der Waals surface area contributed by atoms with Crippen LogP contribution in [0, 0.1) is 0 Å². The summed E-state index contributed by atoms with van der Waals surface area (Å²) in [6.07, 6.45) is 1.19. The van der Waals surface area contributed by atoms with Crippen molar-refractivity contribution < 1.29 is 9.84 Å². The van der Waals surface area contributed by atoms with E-state index >= 15 is 0 Å². The Balaban J connectivity index is 0.00000280. The number of guanidine groups is 1. The highest BCUT2D eigenvalue weighted by Gasteiger charge is 2.40. The fraction of sp³-hybridized carbons (Fsp3) is 0.737. The average molecular weight is 541 g/mol. The van der Waals surface area contributed by atoms with Crippen LogP contribution in [0.1, 0.15) is 25.8 Å². The summed E-state index contributed by atoms with van der Waals surface area (Å²) in [6, 6.07) is 1.96. The quantitative estimate of drug-likeness (QED) is 0.280. The van der Waals surface area contributed by atoms with E-state index in [1.165, 1.54) is 12.2 Å². The molecule has 0 aromatic carbocycles. The first-order valence-electron chi connectivity index (χ1n) is 9.73. The molecule has 0 radical (unpaired) electrons. The van der Waals surface area contributed by atoms with Gasteiger partial charge in [-0.2, -0.15) is 23.1 Å². The van der Waals surface area contributed by atoms with E-state index in [2.05, 4.69) is 27.4 Å². The summed E-state index contributed by atoms with van der Waals surface area (Å²) < 4.78 is 5.55. The number of thiophene rings is 1. The number of hydrogen-bond acceptors (Lipinski definition) is 6. The van der Waals surface area contributed by atoms with E-state index in [1.807, 2.05) is 35.5 Å². The van der Waals surface area contributed by atoms with Crippen LogP contribution in [0.3, 0.4) is 0 Å². The summed E-state index contributed by atoms with van der Waals surface area (Å²) in [6.45, 7) is 9.54. The topological polar surface area (TPSA) is 69.1 Å². The molecule has 0 aliphatic carbocycles. The molecule has 9 heteroatoms. The second-order valence-electron chi connectivity index (χ2n) is 7.46. The number of thioether (sulfide) groups is 1. The maximum Gasteiger partial charge on any atom is 0.191 e. The van der Waals surface area contributed by atoms with Gasteiger partial charge in [-0.05, 0) is 48.4 Å². The molecule has 1 aromatic rings.